The van der Waals surface area contributed by atoms with Crippen LogP contribution in [-0.2, 0) is 9.53 Å². The van der Waals surface area contributed by atoms with E-state index in [4.69, 9.17) is 9.47 Å². The molecule has 0 bridgehead atoms. The van der Waals surface area contributed by atoms with Gasteiger partial charge in [-0.3, -0.25) is 4.79 Å². The van der Waals surface area contributed by atoms with Crippen LogP contribution in [0.5, 0.6) is 5.75 Å². The molecule has 0 spiro atoms. The fourth-order valence-electron chi connectivity index (χ4n) is 1.59. The van der Waals surface area contributed by atoms with E-state index >= 15 is 0 Å². The van der Waals surface area contributed by atoms with Gasteiger partial charge in [0.15, 0.2) is 0 Å². The molecule has 0 aliphatic carbocycles. The molecule has 0 aliphatic rings. The van der Waals surface area contributed by atoms with E-state index in [0.29, 0.717) is 12.2 Å². The molecule has 0 heterocycles. The molecule has 0 fully saturated rings. The highest BCUT2D eigenvalue weighted by atomic mass is 16.5. The lowest BCUT2D eigenvalue weighted by atomic mass is 10.0. The lowest BCUT2D eigenvalue weighted by Gasteiger charge is -2.25. The summed E-state index contributed by atoms with van der Waals surface area (Å²) in [5.41, 5.74) is -0.831. The van der Waals surface area contributed by atoms with Crippen molar-refractivity contribution >= 4 is 17.6 Å². The first-order valence-electron chi connectivity index (χ1n) is 6.16. The van der Waals surface area contributed by atoms with E-state index < -0.39 is 17.5 Å². The number of carboxylic acids is 1. The second-order valence-corrected chi connectivity index (χ2v) is 4.46. The van der Waals surface area contributed by atoms with Crippen molar-refractivity contribution in [1.82, 2.24) is 0 Å². The first-order chi connectivity index (χ1) is 9.37. The topological polar surface area (TPSA) is 84.9 Å². The first kappa shape index (κ1) is 16.0. The van der Waals surface area contributed by atoms with Crippen LogP contribution < -0.4 is 10.1 Å². The van der Waals surface area contributed by atoms with E-state index in [1.54, 1.807) is 13.0 Å². The van der Waals surface area contributed by atoms with Crippen LogP contribution in [0.2, 0.25) is 0 Å². The number of ether oxygens (including phenoxy) is 2. The van der Waals surface area contributed by atoms with Gasteiger partial charge in [-0.1, -0.05) is 6.92 Å². The Morgan fingerprint density at radius 2 is 2.00 bits per heavy atom. The summed E-state index contributed by atoms with van der Waals surface area (Å²) in [4.78, 5) is 23.4. The third-order valence-corrected chi connectivity index (χ3v) is 3.31. The monoisotopic (exact) mass is 281 g/mol. The number of nitrogens with one attached hydrogen (secondary N) is 1. The fourth-order valence-corrected chi connectivity index (χ4v) is 1.59. The molecule has 6 heteroatoms. The van der Waals surface area contributed by atoms with Crippen molar-refractivity contribution in [1.29, 1.82) is 0 Å². The number of hydrogen-bond donors (Lipinski definition) is 2. The van der Waals surface area contributed by atoms with E-state index in [0.717, 1.165) is 0 Å². The van der Waals surface area contributed by atoms with Crippen LogP contribution in [0.1, 0.15) is 30.6 Å². The molecule has 0 saturated carbocycles. The molecule has 1 atom stereocenters. The van der Waals surface area contributed by atoms with Crippen LogP contribution in [0.3, 0.4) is 0 Å². The Morgan fingerprint density at radius 3 is 2.45 bits per heavy atom. The standard InChI is InChI=1S/C14H19NO5/c1-5-14(2,20-4)13(18)15-11-7-6-9(19-3)8-10(11)12(16)17/h6-8H,5H2,1-4H3,(H,15,18)(H,16,17). The summed E-state index contributed by atoms with van der Waals surface area (Å²) in [6.45, 7) is 3.46. The van der Waals surface area contributed by atoms with Crippen molar-refractivity contribution in [2.75, 3.05) is 19.5 Å². The molecule has 20 heavy (non-hydrogen) atoms. The quantitative estimate of drug-likeness (QED) is 0.834. The van der Waals surface area contributed by atoms with Gasteiger partial charge in [-0.15, -0.1) is 0 Å². The molecule has 1 unspecified atom stereocenters. The summed E-state index contributed by atoms with van der Waals surface area (Å²) < 4.78 is 10.2. The zero-order chi connectivity index (χ0) is 15.3. The second kappa shape index (κ2) is 6.38. The Balaban J connectivity index is 3.09. The molecule has 1 aromatic rings. The predicted octanol–water partition coefficient (Wildman–Crippen LogP) is 2.15. The van der Waals surface area contributed by atoms with Gasteiger partial charge in [-0.05, 0) is 31.5 Å². The average Bonchev–Trinajstić information content (AvgIpc) is 2.46. The van der Waals surface area contributed by atoms with Crippen molar-refractivity contribution in [2.45, 2.75) is 25.9 Å². The summed E-state index contributed by atoms with van der Waals surface area (Å²) in [6.07, 6.45) is 0.466. The van der Waals surface area contributed by atoms with E-state index in [2.05, 4.69) is 5.32 Å². The SMILES string of the molecule is CCC(C)(OC)C(=O)Nc1ccc(OC)cc1C(=O)O. The molecule has 0 aromatic heterocycles. The highest BCUT2D eigenvalue weighted by molar-refractivity contribution is 6.03. The molecule has 110 valence electrons. The molecule has 1 rings (SSSR count). The number of hydrogen-bond acceptors (Lipinski definition) is 4. The summed E-state index contributed by atoms with van der Waals surface area (Å²) in [6, 6.07) is 4.43. The third kappa shape index (κ3) is 3.27. The zero-order valence-corrected chi connectivity index (χ0v) is 12.0. The molecule has 0 saturated heterocycles. The van der Waals surface area contributed by atoms with Crippen molar-refractivity contribution in [3.63, 3.8) is 0 Å². The molecule has 2 N–H and O–H groups in total. The number of carbonyl (C=O) groups is 2. The van der Waals surface area contributed by atoms with Gasteiger partial charge in [0.25, 0.3) is 5.91 Å². The predicted molar refractivity (Wildman–Crippen MR) is 74.3 cm³/mol. The highest BCUT2D eigenvalue weighted by Crippen LogP contribution is 2.24. The van der Waals surface area contributed by atoms with E-state index in [1.807, 2.05) is 6.92 Å². The number of benzene rings is 1. The van der Waals surface area contributed by atoms with Crippen LogP contribution in [0.4, 0.5) is 5.69 Å². The van der Waals surface area contributed by atoms with Gasteiger partial charge in [-0.2, -0.15) is 0 Å². The lowest BCUT2D eigenvalue weighted by molar-refractivity contribution is -0.136. The van der Waals surface area contributed by atoms with Crippen LogP contribution >= 0.6 is 0 Å². The maximum absolute atomic E-state index is 12.2. The molecule has 0 radical (unpaired) electrons. The maximum Gasteiger partial charge on any atom is 0.337 e. The molecule has 1 amide bonds. The van der Waals surface area contributed by atoms with Crippen molar-refractivity contribution < 1.29 is 24.2 Å². The minimum absolute atomic E-state index is 0.0349. The van der Waals surface area contributed by atoms with Crippen LogP contribution in [0.25, 0.3) is 0 Å². The molecule has 1 aromatic carbocycles. The Morgan fingerprint density at radius 1 is 1.35 bits per heavy atom. The zero-order valence-electron chi connectivity index (χ0n) is 12.0. The van der Waals surface area contributed by atoms with Crippen LogP contribution in [0.15, 0.2) is 18.2 Å². The number of amides is 1. The molecular formula is C14H19NO5. The second-order valence-electron chi connectivity index (χ2n) is 4.46. The van der Waals surface area contributed by atoms with Gasteiger partial charge in [0, 0.05) is 7.11 Å². The van der Waals surface area contributed by atoms with Crippen molar-refractivity contribution in [2.24, 2.45) is 0 Å². The van der Waals surface area contributed by atoms with E-state index in [9.17, 15) is 14.7 Å². The van der Waals surface area contributed by atoms with Gasteiger partial charge < -0.3 is 19.9 Å². The Labute approximate surface area is 117 Å². The van der Waals surface area contributed by atoms with Crippen LogP contribution in [0, 0.1) is 0 Å². The Bertz CT molecular complexity index is 508. The molecule has 0 aliphatic heterocycles. The minimum atomic E-state index is -1.14. The van der Waals surface area contributed by atoms with Gasteiger partial charge in [0.05, 0.1) is 18.4 Å². The summed E-state index contributed by atoms with van der Waals surface area (Å²) in [7, 11) is 2.88. The fraction of sp³-hybridized carbons (Fsp3) is 0.429. The van der Waals surface area contributed by atoms with Gasteiger partial charge in [0.1, 0.15) is 11.4 Å². The van der Waals surface area contributed by atoms with Crippen molar-refractivity contribution in [3.8, 4) is 5.75 Å². The lowest BCUT2D eigenvalue weighted by Crippen LogP contribution is -2.41. The molecule has 6 nitrogen and oxygen atoms in total. The van der Waals surface area contributed by atoms with Crippen molar-refractivity contribution in [3.05, 3.63) is 23.8 Å². The number of anilines is 1. The Hall–Kier alpha value is -2.08. The number of rotatable bonds is 6. The largest absolute Gasteiger partial charge is 0.497 e. The normalized spacial score (nSPS) is 13.4. The number of carbonyl (C=O) groups excluding carboxylic acids is 1. The van der Waals surface area contributed by atoms with Gasteiger partial charge in [-0.25, -0.2) is 4.79 Å². The average molecular weight is 281 g/mol. The number of carboxylic acid groups (broad SMARTS) is 1. The van der Waals surface area contributed by atoms with Crippen LogP contribution in [-0.4, -0.2) is 36.8 Å². The third-order valence-electron chi connectivity index (χ3n) is 3.31. The van der Waals surface area contributed by atoms with Gasteiger partial charge >= 0.3 is 5.97 Å². The summed E-state index contributed by atoms with van der Waals surface area (Å²) >= 11 is 0. The number of methoxy groups -OCH3 is 2. The van der Waals surface area contributed by atoms with E-state index in [1.165, 1.54) is 26.4 Å². The first-order valence-corrected chi connectivity index (χ1v) is 6.16. The maximum atomic E-state index is 12.2. The minimum Gasteiger partial charge on any atom is -0.497 e. The van der Waals surface area contributed by atoms with E-state index in [-0.39, 0.29) is 11.3 Å². The summed E-state index contributed by atoms with van der Waals surface area (Å²) in [5, 5.41) is 11.8. The summed E-state index contributed by atoms with van der Waals surface area (Å²) in [5.74, 6) is -1.13. The molecular weight excluding hydrogens is 262 g/mol. The van der Waals surface area contributed by atoms with Gasteiger partial charge in [0.2, 0.25) is 0 Å². The Kier molecular flexibility index (Phi) is 5.10. The number of aromatic carboxylic acids is 1. The smallest absolute Gasteiger partial charge is 0.337 e. The highest BCUT2D eigenvalue weighted by Gasteiger charge is 2.31.